The summed E-state index contributed by atoms with van der Waals surface area (Å²) in [4.78, 5) is 27.3. The average Bonchev–Trinajstić information content (AvgIpc) is 3.40. The van der Waals surface area contributed by atoms with Crippen molar-refractivity contribution in [2.75, 3.05) is 37.7 Å². The van der Waals surface area contributed by atoms with Crippen LogP contribution in [0.1, 0.15) is 17.4 Å². The second kappa shape index (κ2) is 9.70. The third-order valence-corrected chi connectivity index (χ3v) is 5.70. The molecule has 0 unspecified atom stereocenters. The molecule has 4 aromatic rings. The summed E-state index contributed by atoms with van der Waals surface area (Å²) in [6.07, 6.45) is 3.11. The molecule has 0 spiro atoms. The number of carbonyl (C=O) groups is 1. The average molecular weight is 456 g/mol. The van der Waals surface area contributed by atoms with E-state index in [9.17, 15) is 4.79 Å². The van der Waals surface area contributed by atoms with E-state index in [2.05, 4.69) is 25.1 Å². The topological polar surface area (TPSA) is 89.3 Å². The highest BCUT2D eigenvalue weighted by Crippen LogP contribution is 2.24. The van der Waals surface area contributed by atoms with Crippen molar-refractivity contribution in [3.63, 3.8) is 0 Å². The Bertz CT molecular complexity index is 1250. The van der Waals surface area contributed by atoms with Crippen molar-refractivity contribution in [3.05, 3.63) is 78.9 Å². The normalized spacial score (nSPS) is 13.7. The maximum Gasteiger partial charge on any atom is 0.276 e. The van der Waals surface area contributed by atoms with Crippen molar-refractivity contribution in [3.8, 4) is 22.7 Å². The fourth-order valence-electron chi connectivity index (χ4n) is 3.91. The molecule has 34 heavy (non-hydrogen) atoms. The molecule has 1 aliphatic heterocycles. The van der Waals surface area contributed by atoms with Crippen molar-refractivity contribution < 1.29 is 9.53 Å². The molecule has 0 bridgehead atoms. The Kier molecular flexibility index (Phi) is 6.15. The summed E-state index contributed by atoms with van der Waals surface area (Å²) in [5.41, 5.74) is 3.02. The number of piperazine rings is 1. The second-order valence-electron chi connectivity index (χ2n) is 7.85. The molecule has 2 aromatic carbocycles. The van der Waals surface area contributed by atoms with Gasteiger partial charge in [0.25, 0.3) is 5.91 Å². The van der Waals surface area contributed by atoms with E-state index in [1.54, 1.807) is 6.33 Å². The van der Waals surface area contributed by atoms with Crippen LogP contribution in [0.3, 0.4) is 0 Å². The number of nitrogens with zero attached hydrogens (tertiary/aromatic N) is 7. The molecule has 0 atom stereocenters. The summed E-state index contributed by atoms with van der Waals surface area (Å²) in [6, 6.07) is 19.4. The summed E-state index contributed by atoms with van der Waals surface area (Å²) in [5, 5.41) is 8.61. The minimum atomic E-state index is -0.111. The van der Waals surface area contributed by atoms with Crippen LogP contribution in [0.25, 0.3) is 16.9 Å². The lowest BCUT2D eigenvalue weighted by Gasteiger charge is -2.35. The largest absolute Gasteiger partial charge is 0.494 e. The van der Waals surface area contributed by atoms with Gasteiger partial charge in [-0.1, -0.05) is 18.2 Å². The van der Waals surface area contributed by atoms with Crippen molar-refractivity contribution in [2.24, 2.45) is 0 Å². The lowest BCUT2D eigenvalue weighted by Crippen LogP contribution is -2.49. The van der Waals surface area contributed by atoms with Crippen LogP contribution in [0.4, 0.5) is 5.82 Å². The first-order valence-corrected chi connectivity index (χ1v) is 11.3. The Morgan fingerprint density at radius 3 is 2.47 bits per heavy atom. The van der Waals surface area contributed by atoms with Crippen LogP contribution in [0.15, 0.2) is 73.2 Å². The zero-order chi connectivity index (χ0) is 23.3. The Hall–Kier alpha value is -4.27. The van der Waals surface area contributed by atoms with Gasteiger partial charge in [-0.25, -0.2) is 9.97 Å². The zero-order valence-electron chi connectivity index (χ0n) is 18.9. The predicted molar refractivity (Wildman–Crippen MR) is 128 cm³/mol. The Labute approximate surface area is 197 Å². The standard InChI is InChI=1S/C25H25N7O2/c1-2-34-21-10-8-19(9-11-21)22-16-24(27-18-26-22)30-12-14-31(15-13-30)25(33)23-17-28-32(29-23)20-6-4-3-5-7-20/h3-11,16-18H,2,12-15H2,1H3. The zero-order valence-corrected chi connectivity index (χ0v) is 18.9. The number of hydrogen-bond donors (Lipinski definition) is 0. The van der Waals surface area contributed by atoms with Crippen LogP contribution in [-0.2, 0) is 0 Å². The molecule has 1 fully saturated rings. The third-order valence-electron chi connectivity index (χ3n) is 5.70. The molecule has 9 heteroatoms. The maximum atomic E-state index is 13.0. The van der Waals surface area contributed by atoms with Gasteiger partial charge in [-0.05, 0) is 43.3 Å². The number of aromatic nitrogens is 5. The molecule has 0 saturated carbocycles. The lowest BCUT2D eigenvalue weighted by atomic mass is 10.1. The first-order valence-electron chi connectivity index (χ1n) is 11.3. The molecule has 0 N–H and O–H groups in total. The maximum absolute atomic E-state index is 13.0. The number of ether oxygens (including phenoxy) is 1. The minimum Gasteiger partial charge on any atom is -0.494 e. The summed E-state index contributed by atoms with van der Waals surface area (Å²) < 4.78 is 5.52. The summed E-state index contributed by atoms with van der Waals surface area (Å²) in [7, 11) is 0. The van der Waals surface area contributed by atoms with Gasteiger partial charge in [0.05, 0.1) is 24.2 Å². The molecular weight excluding hydrogens is 430 g/mol. The molecule has 0 radical (unpaired) electrons. The number of rotatable bonds is 6. The molecule has 5 rings (SSSR count). The van der Waals surface area contributed by atoms with Gasteiger partial charge in [-0.15, -0.1) is 5.10 Å². The molecule has 1 aliphatic rings. The van der Waals surface area contributed by atoms with E-state index in [-0.39, 0.29) is 5.91 Å². The van der Waals surface area contributed by atoms with Crippen molar-refractivity contribution in [1.82, 2.24) is 29.9 Å². The number of carbonyl (C=O) groups excluding carboxylic acids is 1. The molecule has 3 heterocycles. The van der Waals surface area contributed by atoms with E-state index in [0.717, 1.165) is 28.5 Å². The SMILES string of the molecule is CCOc1ccc(-c2cc(N3CCN(C(=O)c4cnn(-c5ccccc5)n4)CC3)ncn2)cc1. The van der Waals surface area contributed by atoms with E-state index in [0.29, 0.717) is 38.5 Å². The number of hydrogen-bond acceptors (Lipinski definition) is 7. The monoisotopic (exact) mass is 455 g/mol. The highest BCUT2D eigenvalue weighted by Gasteiger charge is 2.25. The predicted octanol–water partition coefficient (Wildman–Crippen LogP) is 3.09. The van der Waals surface area contributed by atoms with Gasteiger partial charge in [0.1, 0.15) is 17.9 Å². The van der Waals surface area contributed by atoms with Crippen molar-refractivity contribution in [1.29, 1.82) is 0 Å². The van der Waals surface area contributed by atoms with Crippen LogP contribution >= 0.6 is 0 Å². The summed E-state index contributed by atoms with van der Waals surface area (Å²) in [5.74, 6) is 1.57. The molecule has 2 aromatic heterocycles. The van der Waals surface area contributed by atoms with Gasteiger partial charge in [0.15, 0.2) is 5.69 Å². The van der Waals surface area contributed by atoms with Crippen LogP contribution in [0.5, 0.6) is 5.75 Å². The first kappa shape index (κ1) is 21.6. The van der Waals surface area contributed by atoms with E-state index in [1.807, 2.05) is 72.5 Å². The van der Waals surface area contributed by atoms with Crippen LogP contribution in [0.2, 0.25) is 0 Å². The third kappa shape index (κ3) is 4.59. The smallest absolute Gasteiger partial charge is 0.276 e. The van der Waals surface area contributed by atoms with E-state index in [1.165, 1.54) is 11.0 Å². The summed E-state index contributed by atoms with van der Waals surface area (Å²) in [6.45, 7) is 5.12. The fraction of sp³-hybridized carbons (Fsp3) is 0.240. The quantitative estimate of drug-likeness (QED) is 0.441. The van der Waals surface area contributed by atoms with E-state index in [4.69, 9.17) is 4.74 Å². The van der Waals surface area contributed by atoms with Crippen molar-refractivity contribution >= 4 is 11.7 Å². The van der Waals surface area contributed by atoms with Gasteiger partial charge < -0.3 is 14.5 Å². The van der Waals surface area contributed by atoms with Crippen LogP contribution < -0.4 is 9.64 Å². The van der Waals surface area contributed by atoms with E-state index < -0.39 is 0 Å². The highest BCUT2D eigenvalue weighted by molar-refractivity contribution is 5.92. The first-order chi connectivity index (χ1) is 16.7. The number of anilines is 1. The van der Waals surface area contributed by atoms with Gasteiger partial charge in [0.2, 0.25) is 0 Å². The van der Waals surface area contributed by atoms with Gasteiger partial charge in [-0.3, -0.25) is 4.79 Å². The van der Waals surface area contributed by atoms with E-state index >= 15 is 0 Å². The van der Waals surface area contributed by atoms with Gasteiger partial charge in [0, 0.05) is 37.8 Å². The Balaban J connectivity index is 1.23. The molecule has 0 aliphatic carbocycles. The second-order valence-corrected chi connectivity index (χ2v) is 7.85. The fourth-order valence-corrected chi connectivity index (χ4v) is 3.91. The molecule has 9 nitrogen and oxygen atoms in total. The van der Waals surface area contributed by atoms with Crippen LogP contribution in [-0.4, -0.2) is 68.6 Å². The van der Waals surface area contributed by atoms with Crippen LogP contribution in [0, 0.1) is 0 Å². The Morgan fingerprint density at radius 1 is 0.971 bits per heavy atom. The number of benzene rings is 2. The number of para-hydroxylation sites is 1. The summed E-state index contributed by atoms with van der Waals surface area (Å²) >= 11 is 0. The highest BCUT2D eigenvalue weighted by atomic mass is 16.5. The number of amides is 1. The van der Waals surface area contributed by atoms with Gasteiger partial charge >= 0.3 is 0 Å². The van der Waals surface area contributed by atoms with Crippen molar-refractivity contribution in [2.45, 2.75) is 6.92 Å². The molecule has 1 saturated heterocycles. The Morgan fingerprint density at radius 2 is 1.74 bits per heavy atom. The van der Waals surface area contributed by atoms with Gasteiger partial charge in [-0.2, -0.15) is 9.90 Å². The molecule has 1 amide bonds. The molecular formula is C25H25N7O2. The lowest BCUT2D eigenvalue weighted by molar-refractivity contribution is 0.0740. The molecule has 172 valence electrons. The minimum absolute atomic E-state index is 0.111.